The topological polar surface area (TPSA) is 102 Å². The molecule has 0 saturated carbocycles. The molecule has 0 atom stereocenters. The number of likely N-dealkylation sites (tertiary alicyclic amines) is 1. The summed E-state index contributed by atoms with van der Waals surface area (Å²) in [7, 11) is 3.20. The van der Waals surface area contributed by atoms with Crippen LogP contribution in [0.5, 0.6) is 17.4 Å². The summed E-state index contributed by atoms with van der Waals surface area (Å²) >= 11 is 0. The quantitative estimate of drug-likeness (QED) is 0.632. The van der Waals surface area contributed by atoms with Gasteiger partial charge >= 0.3 is 0 Å². The van der Waals surface area contributed by atoms with Gasteiger partial charge in [0, 0.05) is 43.3 Å². The number of aryl methyl sites for hydroxylation is 2. The molecule has 1 aliphatic rings. The minimum Gasteiger partial charge on any atom is -0.497 e. The zero-order valence-electron chi connectivity index (χ0n) is 18.7. The van der Waals surface area contributed by atoms with Gasteiger partial charge < -0.3 is 19.1 Å². The van der Waals surface area contributed by atoms with Gasteiger partial charge in [-0.25, -0.2) is 4.98 Å². The number of nitrogens with zero attached hydrogens (tertiary/aromatic N) is 4. The van der Waals surface area contributed by atoms with E-state index in [-0.39, 0.29) is 12.0 Å². The molecular formula is C23H27N5O4. The lowest BCUT2D eigenvalue weighted by atomic mass is 10.1. The van der Waals surface area contributed by atoms with Crippen molar-refractivity contribution in [1.29, 1.82) is 0 Å². The lowest BCUT2D eigenvalue weighted by molar-refractivity contribution is 0.0582. The third kappa shape index (κ3) is 4.66. The van der Waals surface area contributed by atoms with Crippen molar-refractivity contribution in [3.8, 4) is 28.6 Å². The fourth-order valence-electron chi connectivity index (χ4n) is 3.84. The zero-order chi connectivity index (χ0) is 22.7. The minimum atomic E-state index is -0.0854. The lowest BCUT2D eigenvalue weighted by Gasteiger charge is -2.31. The van der Waals surface area contributed by atoms with Crippen LogP contribution in [-0.4, -0.2) is 64.4 Å². The number of carbonyl (C=O) groups excluding carboxylic acids is 1. The van der Waals surface area contributed by atoms with Gasteiger partial charge in [-0.15, -0.1) is 0 Å². The number of ether oxygens (including phenoxy) is 3. The maximum absolute atomic E-state index is 13.0. The number of hydrogen-bond acceptors (Lipinski definition) is 7. The van der Waals surface area contributed by atoms with E-state index in [4.69, 9.17) is 14.2 Å². The van der Waals surface area contributed by atoms with Crippen LogP contribution in [0.1, 0.15) is 34.8 Å². The first-order valence-electron chi connectivity index (χ1n) is 10.5. The van der Waals surface area contributed by atoms with Crippen molar-refractivity contribution in [3.05, 3.63) is 47.5 Å². The first-order valence-corrected chi connectivity index (χ1v) is 10.5. The second kappa shape index (κ2) is 9.25. The van der Waals surface area contributed by atoms with Crippen molar-refractivity contribution in [2.45, 2.75) is 32.8 Å². The van der Waals surface area contributed by atoms with E-state index in [0.29, 0.717) is 47.7 Å². The first-order chi connectivity index (χ1) is 15.5. The average molecular weight is 438 g/mol. The smallest absolute Gasteiger partial charge is 0.271 e. The van der Waals surface area contributed by atoms with Gasteiger partial charge in [-0.3, -0.25) is 9.89 Å². The summed E-state index contributed by atoms with van der Waals surface area (Å²) in [5, 5.41) is 7.19. The summed E-state index contributed by atoms with van der Waals surface area (Å²) in [4.78, 5) is 23.4. The molecule has 1 amide bonds. The Bertz CT molecular complexity index is 1090. The summed E-state index contributed by atoms with van der Waals surface area (Å²) in [6, 6.07) is 9.05. The van der Waals surface area contributed by atoms with Crippen LogP contribution in [0.25, 0.3) is 11.3 Å². The Balaban J connectivity index is 1.41. The van der Waals surface area contributed by atoms with Crippen LogP contribution in [0.15, 0.2) is 30.3 Å². The first kappa shape index (κ1) is 21.6. The molecule has 1 aliphatic heterocycles. The Kier molecular flexibility index (Phi) is 6.25. The Morgan fingerprint density at radius 2 is 1.84 bits per heavy atom. The molecule has 0 radical (unpaired) electrons. The fourth-order valence-corrected chi connectivity index (χ4v) is 3.84. The molecule has 9 nitrogen and oxygen atoms in total. The number of hydrogen-bond donors (Lipinski definition) is 1. The number of H-pyrrole nitrogens is 1. The van der Waals surface area contributed by atoms with Crippen molar-refractivity contribution >= 4 is 5.91 Å². The highest BCUT2D eigenvalue weighted by molar-refractivity contribution is 5.93. The lowest BCUT2D eigenvalue weighted by Crippen LogP contribution is -2.42. The number of aromatic amines is 1. The van der Waals surface area contributed by atoms with Gasteiger partial charge in [0.05, 0.1) is 19.9 Å². The standard InChI is InChI=1S/C23H27N5O4/c1-14-11-22(25-15(2)24-14)32-16-7-9-28(10-8-16)23(29)20-13-19(26-27-20)18-12-17(30-3)5-6-21(18)31-4/h5-6,11-13,16H,7-10H2,1-4H3,(H,26,27). The summed E-state index contributed by atoms with van der Waals surface area (Å²) < 4.78 is 16.8. The molecule has 0 unspecified atom stereocenters. The molecule has 1 aromatic carbocycles. The largest absolute Gasteiger partial charge is 0.497 e. The van der Waals surface area contributed by atoms with Gasteiger partial charge in [-0.2, -0.15) is 10.1 Å². The highest BCUT2D eigenvalue weighted by atomic mass is 16.5. The summed E-state index contributed by atoms with van der Waals surface area (Å²) in [6.45, 7) is 4.97. The van der Waals surface area contributed by atoms with E-state index in [1.54, 1.807) is 20.3 Å². The van der Waals surface area contributed by atoms with Crippen LogP contribution in [0.4, 0.5) is 0 Å². The molecule has 1 fully saturated rings. The van der Waals surface area contributed by atoms with Crippen molar-refractivity contribution in [2.24, 2.45) is 0 Å². The van der Waals surface area contributed by atoms with E-state index in [9.17, 15) is 4.79 Å². The number of amides is 1. The molecule has 2 aromatic heterocycles. The van der Waals surface area contributed by atoms with Gasteiger partial charge in [0.2, 0.25) is 5.88 Å². The molecule has 4 rings (SSSR count). The van der Waals surface area contributed by atoms with Crippen LogP contribution < -0.4 is 14.2 Å². The number of aromatic nitrogens is 4. The SMILES string of the molecule is COc1ccc(OC)c(-c2cc(C(=O)N3CCC(Oc4cc(C)nc(C)n4)CC3)[nH]n2)c1. The minimum absolute atomic E-state index is 0.0196. The highest BCUT2D eigenvalue weighted by Crippen LogP contribution is 2.32. The highest BCUT2D eigenvalue weighted by Gasteiger charge is 2.26. The number of carbonyl (C=O) groups is 1. The molecule has 0 spiro atoms. The number of benzene rings is 1. The summed E-state index contributed by atoms with van der Waals surface area (Å²) in [6.07, 6.45) is 1.49. The third-order valence-electron chi connectivity index (χ3n) is 5.45. The van der Waals surface area contributed by atoms with E-state index < -0.39 is 0 Å². The van der Waals surface area contributed by atoms with Crippen LogP contribution in [0, 0.1) is 13.8 Å². The van der Waals surface area contributed by atoms with Crippen molar-refractivity contribution in [1.82, 2.24) is 25.1 Å². The second-order valence-electron chi connectivity index (χ2n) is 7.74. The van der Waals surface area contributed by atoms with E-state index >= 15 is 0 Å². The predicted octanol–water partition coefficient (Wildman–Crippen LogP) is 3.18. The van der Waals surface area contributed by atoms with Gasteiger partial charge in [-0.05, 0) is 38.1 Å². The molecule has 1 saturated heterocycles. The average Bonchev–Trinajstić information content (AvgIpc) is 3.28. The molecule has 0 aliphatic carbocycles. The van der Waals surface area contributed by atoms with Gasteiger partial charge in [-0.1, -0.05) is 0 Å². The normalized spacial score (nSPS) is 14.3. The summed E-state index contributed by atoms with van der Waals surface area (Å²) in [5.41, 5.74) is 2.69. The molecule has 3 aromatic rings. The van der Waals surface area contributed by atoms with Crippen molar-refractivity contribution in [3.63, 3.8) is 0 Å². The number of rotatable bonds is 6. The number of methoxy groups -OCH3 is 2. The van der Waals surface area contributed by atoms with E-state index in [2.05, 4.69) is 20.2 Å². The van der Waals surface area contributed by atoms with Crippen molar-refractivity contribution in [2.75, 3.05) is 27.3 Å². The Morgan fingerprint density at radius 1 is 1.06 bits per heavy atom. The Hall–Kier alpha value is -3.62. The van der Waals surface area contributed by atoms with E-state index in [1.165, 1.54) is 0 Å². The Labute approximate surface area is 186 Å². The van der Waals surface area contributed by atoms with Crippen LogP contribution in [0.3, 0.4) is 0 Å². The summed E-state index contributed by atoms with van der Waals surface area (Å²) in [5.74, 6) is 2.54. The molecule has 168 valence electrons. The van der Waals surface area contributed by atoms with Crippen LogP contribution in [0.2, 0.25) is 0 Å². The zero-order valence-corrected chi connectivity index (χ0v) is 18.7. The molecule has 32 heavy (non-hydrogen) atoms. The van der Waals surface area contributed by atoms with Crippen LogP contribution >= 0.6 is 0 Å². The van der Waals surface area contributed by atoms with E-state index in [0.717, 1.165) is 24.1 Å². The Morgan fingerprint density at radius 3 is 2.53 bits per heavy atom. The predicted molar refractivity (Wildman–Crippen MR) is 118 cm³/mol. The maximum Gasteiger partial charge on any atom is 0.271 e. The second-order valence-corrected chi connectivity index (χ2v) is 7.74. The third-order valence-corrected chi connectivity index (χ3v) is 5.45. The maximum atomic E-state index is 13.0. The monoisotopic (exact) mass is 437 g/mol. The van der Waals surface area contributed by atoms with Crippen molar-refractivity contribution < 1.29 is 19.0 Å². The van der Waals surface area contributed by atoms with E-state index in [1.807, 2.05) is 43.0 Å². The molecule has 9 heteroatoms. The van der Waals surface area contributed by atoms with Gasteiger partial charge in [0.25, 0.3) is 5.91 Å². The molecule has 0 bridgehead atoms. The molecule has 1 N–H and O–H groups in total. The molecular weight excluding hydrogens is 410 g/mol. The van der Waals surface area contributed by atoms with Gasteiger partial charge in [0.15, 0.2) is 0 Å². The van der Waals surface area contributed by atoms with Gasteiger partial charge in [0.1, 0.15) is 29.1 Å². The molecule has 3 heterocycles. The number of nitrogens with one attached hydrogen (secondary N) is 1. The van der Waals surface area contributed by atoms with Crippen LogP contribution in [-0.2, 0) is 0 Å². The number of piperidine rings is 1. The fraction of sp³-hybridized carbons (Fsp3) is 0.391.